The predicted octanol–water partition coefficient (Wildman–Crippen LogP) is 4.58. The summed E-state index contributed by atoms with van der Waals surface area (Å²) in [5, 5.41) is 5.96. The van der Waals surface area contributed by atoms with Crippen molar-refractivity contribution in [3.63, 3.8) is 0 Å². The quantitative estimate of drug-likeness (QED) is 0.847. The van der Waals surface area contributed by atoms with Crippen molar-refractivity contribution in [2.24, 2.45) is 0 Å². The molecule has 0 aliphatic heterocycles. The van der Waals surface area contributed by atoms with E-state index in [1.807, 2.05) is 62.4 Å². The van der Waals surface area contributed by atoms with Crippen LogP contribution in [0.25, 0.3) is 0 Å². The van der Waals surface area contributed by atoms with Gasteiger partial charge in [-0.15, -0.1) is 0 Å². The molecule has 0 spiro atoms. The van der Waals surface area contributed by atoms with Crippen LogP contribution in [0.2, 0.25) is 0 Å². The molecule has 2 aromatic carbocycles. The summed E-state index contributed by atoms with van der Waals surface area (Å²) in [6.45, 7) is 6.07. The van der Waals surface area contributed by atoms with Crippen molar-refractivity contribution in [1.29, 1.82) is 0 Å². The molecule has 3 heteroatoms. The monoisotopic (exact) mass is 282 g/mol. The summed E-state index contributed by atoms with van der Waals surface area (Å²) in [5.74, 6) is 0. The summed E-state index contributed by atoms with van der Waals surface area (Å²) < 4.78 is 0. The average Bonchev–Trinajstić information content (AvgIpc) is 2.49. The van der Waals surface area contributed by atoms with Crippen LogP contribution in [0.3, 0.4) is 0 Å². The van der Waals surface area contributed by atoms with Crippen LogP contribution in [-0.4, -0.2) is 6.03 Å². The zero-order chi connectivity index (χ0) is 15.2. The van der Waals surface area contributed by atoms with Gasteiger partial charge in [0.2, 0.25) is 0 Å². The van der Waals surface area contributed by atoms with Gasteiger partial charge in [-0.3, -0.25) is 0 Å². The third kappa shape index (κ3) is 4.09. The van der Waals surface area contributed by atoms with Crippen LogP contribution in [0.15, 0.2) is 48.5 Å². The Morgan fingerprint density at radius 2 is 1.81 bits per heavy atom. The van der Waals surface area contributed by atoms with Crippen molar-refractivity contribution < 1.29 is 4.79 Å². The third-order valence-corrected chi connectivity index (χ3v) is 3.56. The van der Waals surface area contributed by atoms with E-state index in [-0.39, 0.29) is 12.1 Å². The molecule has 0 radical (unpaired) electrons. The molecule has 2 N–H and O–H groups in total. The number of benzene rings is 2. The molecule has 0 saturated carbocycles. The third-order valence-electron chi connectivity index (χ3n) is 3.56. The Bertz CT molecular complexity index is 608. The minimum atomic E-state index is -0.167. The highest BCUT2D eigenvalue weighted by atomic mass is 16.2. The normalized spacial score (nSPS) is 11.8. The minimum Gasteiger partial charge on any atom is -0.331 e. The van der Waals surface area contributed by atoms with E-state index in [1.54, 1.807) is 0 Å². The van der Waals surface area contributed by atoms with Gasteiger partial charge in [-0.05, 0) is 43.0 Å². The highest BCUT2D eigenvalue weighted by Gasteiger charge is 2.12. The highest BCUT2D eigenvalue weighted by molar-refractivity contribution is 5.90. The van der Waals surface area contributed by atoms with Crippen molar-refractivity contribution in [2.75, 3.05) is 5.32 Å². The molecule has 0 aromatic heterocycles. The number of aryl methyl sites for hydroxylation is 2. The van der Waals surface area contributed by atoms with Crippen molar-refractivity contribution in [2.45, 2.75) is 33.2 Å². The molecule has 1 atom stereocenters. The maximum absolute atomic E-state index is 12.2. The van der Waals surface area contributed by atoms with Gasteiger partial charge in [-0.2, -0.15) is 0 Å². The number of urea groups is 1. The maximum Gasteiger partial charge on any atom is 0.319 e. The molecular weight excluding hydrogens is 260 g/mol. The Balaban J connectivity index is 2.05. The van der Waals surface area contributed by atoms with Crippen LogP contribution in [0.4, 0.5) is 10.5 Å². The summed E-state index contributed by atoms with van der Waals surface area (Å²) in [5.41, 5.74) is 4.17. The average molecular weight is 282 g/mol. The number of hydrogen-bond donors (Lipinski definition) is 2. The van der Waals surface area contributed by atoms with Crippen LogP contribution >= 0.6 is 0 Å². The first-order chi connectivity index (χ1) is 10.1. The van der Waals surface area contributed by atoms with E-state index in [1.165, 1.54) is 0 Å². The fraction of sp³-hybridized carbons (Fsp3) is 0.278. The molecule has 0 fully saturated rings. The number of carbonyl (C=O) groups is 1. The van der Waals surface area contributed by atoms with E-state index in [9.17, 15) is 4.79 Å². The van der Waals surface area contributed by atoms with Gasteiger partial charge in [0.1, 0.15) is 0 Å². The van der Waals surface area contributed by atoms with Gasteiger partial charge in [0.15, 0.2) is 0 Å². The molecule has 2 amide bonds. The molecule has 21 heavy (non-hydrogen) atoms. The summed E-state index contributed by atoms with van der Waals surface area (Å²) >= 11 is 0. The lowest BCUT2D eigenvalue weighted by Gasteiger charge is -2.18. The molecule has 2 aromatic rings. The van der Waals surface area contributed by atoms with Crippen molar-refractivity contribution in [3.8, 4) is 0 Å². The van der Waals surface area contributed by atoms with E-state index in [2.05, 4.69) is 17.6 Å². The fourth-order valence-electron chi connectivity index (χ4n) is 2.29. The maximum atomic E-state index is 12.2. The molecule has 3 nitrogen and oxygen atoms in total. The zero-order valence-electron chi connectivity index (χ0n) is 12.8. The van der Waals surface area contributed by atoms with Gasteiger partial charge in [0.05, 0.1) is 6.04 Å². The lowest BCUT2D eigenvalue weighted by atomic mass is 10.1. The zero-order valence-corrected chi connectivity index (χ0v) is 12.8. The lowest BCUT2D eigenvalue weighted by molar-refractivity contribution is 0.248. The molecule has 0 aliphatic rings. The van der Waals surface area contributed by atoms with Gasteiger partial charge in [-0.25, -0.2) is 4.79 Å². The molecular formula is C18H22N2O. The van der Waals surface area contributed by atoms with E-state index < -0.39 is 0 Å². The standard InChI is InChI=1S/C18H22N2O/c1-4-16(15-8-6-5-7-9-15)19-18(21)20-17-12-13(2)10-11-14(17)3/h5-12,16H,4H2,1-3H3,(H2,19,20,21). The van der Waals surface area contributed by atoms with Crippen LogP contribution in [0.5, 0.6) is 0 Å². The first-order valence-corrected chi connectivity index (χ1v) is 7.30. The van der Waals surface area contributed by atoms with E-state index in [0.717, 1.165) is 28.8 Å². The van der Waals surface area contributed by atoms with E-state index >= 15 is 0 Å². The van der Waals surface area contributed by atoms with Gasteiger partial charge >= 0.3 is 6.03 Å². The van der Waals surface area contributed by atoms with Gasteiger partial charge < -0.3 is 10.6 Å². The molecule has 2 rings (SSSR count). The second-order valence-electron chi connectivity index (χ2n) is 5.29. The number of nitrogens with one attached hydrogen (secondary N) is 2. The Morgan fingerprint density at radius 3 is 2.48 bits per heavy atom. The summed E-state index contributed by atoms with van der Waals surface area (Å²) in [6, 6.07) is 15.9. The second-order valence-corrected chi connectivity index (χ2v) is 5.29. The van der Waals surface area contributed by atoms with Gasteiger partial charge in [-0.1, -0.05) is 49.4 Å². The highest BCUT2D eigenvalue weighted by Crippen LogP contribution is 2.18. The number of hydrogen-bond acceptors (Lipinski definition) is 1. The second kappa shape index (κ2) is 6.93. The molecule has 110 valence electrons. The first kappa shape index (κ1) is 15.1. The Hall–Kier alpha value is -2.29. The topological polar surface area (TPSA) is 41.1 Å². The Kier molecular flexibility index (Phi) is 4.99. The summed E-state index contributed by atoms with van der Waals surface area (Å²) in [4.78, 5) is 12.2. The molecule has 0 saturated heterocycles. The predicted molar refractivity (Wildman–Crippen MR) is 87.5 cm³/mol. The summed E-state index contributed by atoms with van der Waals surface area (Å²) in [6.07, 6.45) is 0.851. The number of rotatable bonds is 4. The lowest BCUT2D eigenvalue weighted by Crippen LogP contribution is -2.32. The van der Waals surface area contributed by atoms with Gasteiger partial charge in [0.25, 0.3) is 0 Å². The molecule has 0 bridgehead atoms. The number of carbonyl (C=O) groups excluding carboxylic acids is 1. The first-order valence-electron chi connectivity index (χ1n) is 7.30. The fourth-order valence-corrected chi connectivity index (χ4v) is 2.29. The largest absolute Gasteiger partial charge is 0.331 e. The van der Waals surface area contributed by atoms with E-state index in [4.69, 9.17) is 0 Å². The van der Waals surface area contributed by atoms with E-state index in [0.29, 0.717) is 0 Å². The Morgan fingerprint density at radius 1 is 1.10 bits per heavy atom. The van der Waals surface area contributed by atoms with Crippen molar-refractivity contribution in [1.82, 2.24) is 5.32 Å². The molecule has 0 aliphatic carbocycles. The molecule has 1 unspecified atom stereocenters. The minimum absolute atomic E-state index is 0.0244. The van der Waals surface area contributed by atoms with Crippen LogP contribution in [-0.2, 0) is 0 Å². The summed E-state index contributed by atoms with van der Waals surface area (Å²) in [7, 11) is 0. The van der Waals surface area contributed by atoms with Crippen molar-refractivity contribution >= 4 is 11.7 Å². The number of amides is 2. The van der Waals surface area contributed by atoms with Crippen molar-refractivity contribution in [3.05, 3.63) is 65.2 Å². The number of anilines is 1. The van der Waals surface area contributed by atoms with Crippen LogP contribution in [0.1, 0.15) is 36.1 Å². The molecule has 0 heterocycles. The van der Waals surface area contributed by atoms with Crippen LogP contribution in [0, 0.1) is 13.8 Å². The van der Waals surface area contributed by atoms with Gasteiger partial charge in [0, 0.05) is 5.69 Å². The smallest absolute Gasteiger partial charge is 0.319 e. The Labute approximate surface area is 126 Å². The SMILES string of the molecule is CCC(NC(=O)Nc1cc(C)ccc1C)c1ccccc1. The van der Waals surface area contributed by atoms with Crippen LogP contribution < -0.4 is 10.6 Å².